The van der Waals surface area contributed by atoms with Crippen molar-refractivity contribution in [3.05, 3.63) is 60.2 Å². The van der Waals surface area contributed by atoms with Crippen LogP contribution in [0.3, 0.4) is 0 Å². The first-order valence-corrected chi connectivity index (χ1v) is 12.4. The second-order valence-electron chi connectivity index (χ2n) is 8.57. The molecule has 1 fully saturated rings. The van der Waals surface area contributed by atoms with Gasteiger partial charge < -0.3 is 20.3 Å². The molecule has 9 nitrogen and oxygen atoms in total. The number of rotatable bonds is 11. The van der Waals surface area contributed by atoms with Crippen molar-refractivity contribution in [2.75, 3.05) is 43.0 Å². The highest BCUT2D eigenvalue weighted by molar-refractivity contribution is 6.06. The zero-order chi connectivity index (χ0) is 25.9. The zero-order valence-corrected chi connectivity index (χ0v) is 20.9. The number of hydrogen-bond acceptors (Lipinski definition) is 6. The van der Waals surface area contributed by atoms with E-state index >= 15 is 0 Å². The topological polar surface area (TPSA) is 108 Å². The summed E-state index contributed by atoms with van der Waals surface area (Å²) in [6.07, 6.45) is 1.57. The van der Waals surface area contributed by atoms with Crippen LogP contribution >= 0.6 is 0 Å². The van der Waals surface area contributed by atoms with Crippen molar-refractivity contribution >= 4 is 35.1 Å². The van der Waals surface area contributed by atoms with Gasteiger partial charge in [0.15, 0.2) is 0 Å². The van der Waals surface area contributed by atoms with Crippen LogP contribution in [0, 0.1) is 0 Å². The van der Waals surface area contributed by atoms with Crippen molar-refractivity contribution in [1.82, 2.24) is 10.2 Å². The largest absolute Gasteiger partial charge is 0.466 e. The third kappa shape index (κ3) is 7.39. The molecule has 1 heterocycles. The number of nitrogens with zero attached hydrogens (tertiary/aromatic N) is 2. The highest BCUT2D eigenvalue weighted by Crippen LogP contribution is 2.18. The standard InChI is InChI=1S/C27H34N4O5/c1-3-5-17-36-25(33)18-23-26(34)28-15-16-30(23)19-24(32)29-21-13-11-20(12-14-21)27(35)31(4-2)22-9-7-6-8-10-22/h6-14,23H,3-5,15-19H2,1-2H3,(H,28,34)(H,29,32). The van der Waals surface area contributed by atoms with E-state index in [2.05, 4.69) is 10.6 Å². The Morgan fingerprint density at radius 2 is 1.81 bits per heavy atom. The zero-order valence-electron chi connectivity index (χ0n) is 20.9. The number of nitrogens with one attached hydrogen (secondary N) is 2. The maximum atomic E-state index is 13.0. The lowest BCUT2D eigenvalue weighted by atomic mass is 10.1. The van der Waals surface area contributed by atoms with Crippen LogP contribution in [-0.4, -0.2) is 67.4 Å². The van der Waals surface area contributed by atoms with E-state index < -0.39 is 12.0 Å². The number of carbonyl (C=O) groups is 4. The molecular weight excluding hydrogens is 460 g/mol. The summed E-state index contributed by atoms with van der Waals surface area (Å²) in [7, 11) is 0. The van der Waals surface area contributed by atoms with Crippen molar-refractivity contribution in [1.29, 1.82) is 0 Å². The minimum Gasteiger partial charge on any atom is -0.466 e. The van der Waals surface area contributed by atoms with Crippen molar-refractivity contribution in [2.24, 2.45) is 0 Å². The molecule has 3 rings (SSSR count). The van der Waals surface area contributed by atoms with Crippen molar-refractivity contribution in [3.8, 4) is 0 Å². The van der Waals surface area contributed by atoms with Crippen molar-refractivity contribution < 1.29 is 23.9 Å². The maximum absolute atomic E-state index is 13.0. The van der Waals surface area contributed by atoms with E-state index in [0.29, 0.717) is 37.5 Å². The van der Waals surface area contributed by atoms with Gasteiger partial charge in [-0.1, -0.05) is 31.5 Å². The fraction of sp³-hybridized carbons (Fsp3) is 0.407. The number of anilines is 2. The Kier molecular flexibility index (Phi) is 10.00. The van der Waals surface area contributed by atoms with Crippen LogP contribution in [0.15, 0.2) is 54.6 Å². The molecular formula is C27H34N4O5. The minimum absolute atomic E-state index is 0.0430. The quantitative estimate of drug-likeness (QED) is 0.367. The number of ether oxygens (including phenoxy) is 1. The van der Waals surface area contributed by atoms with Gasteiger partial charge in [0.05, 0.1) is 19.6 Å². The molecule has 1 atom stereocenters. The van der Waals surface area contributed by atoms with Gasteiger partial charge in [0.1, 0.15) is 6.04 Å². The lowest BCUT2D eigenvalue weighted by Gasteiger charge is -2.33. The normalized spacial score (nSPS) is 15.6. The Labute approximate surface area is 211 Å². The lowest BCUT2D eigenvalue weighted by Crippen LogP contribution is -2.57. The number of hydrogen-bond donors (Lipinski definition) is 2. The number of benzene rings is 2. The average Bonchev–Trinajstić information content (AvgIpc) is 2.88. The second kappa shape index (κ2) is 13.4. The van der Waals surface area contributed by atoms with E-state index in [9.17, 15) is 19.2 Å². The molecule has 3 amide bonds. The second-order valence-corrected chi connectivity index (χ2v) is 8.57. The van der Waals surface area contributed by atoms with Gasteiger partial charge >= 0.3 is 5.97 Å². The first kappa shape index (κ1) is 26.9. The molecule has 2 N–H and O–H groups in total. The first-order chi connectivity index (χ1) is 17.4. The molecule has 9 heteroatoms. The van der Waals surface area contributed by atoms with E-state index in [1.807, 2.05) is 44.2 Å². The summed E-state index contributed by atoms with van der Waals surface area (Å²) < 4.78 is 5.19. The van der Waals surface area contributed by atoms with Crippen LogP contribution in [-0.2, 0) is 19.1 Å². The fourth-order valence-corrected chi connectivity index (χ4v) is 4.01. The van der Waals surface area contributed by atoms with E-state index in [0.717, 1.165) is 18.5 Å². The molecule has 0 bridgehead atoms. The Morgan fingerprint density at radius 3 is 2.47 bits per heavy atom. The molecule has 2 aromatic carbocycles. The smallest absolute Gasteiger partial charge is 0.307 e. The Morgan fingerprint density at radius 1 is 1.08 bits per heavy atom. The van der Waals surface area contributed by atoms with Gasteiger partial charge in [0, 0.05) is 36.6 Å². The molecule has 0 aromatic heterocycles. The number of amides is 3. The van der Waals surface area contributed by atoms with Crippen molar-refractivity contribution in [2.45, 2.75) is 39.2 Å². The van der Waals surface area contributed by atoms with E-state index in [1.54, 1.807) is 34.1 Å². The van der Waals surface area contributed by atoms with Crippen molar-refractivity contribution in [3.63, 3.8) is 0 Å². The molecule has 0 radical (unpaired) electrons. The molecule has 0 spiro atoms. The molecule has 0 aliphatic carbocycles. The molecule has 2 aromatic rings. The Bertz CT molecular complexity index is 1040. The summed E-state index contributed by atoms with van der Waals surface area (Å²) in [6.45, 7) is 5.57. The van der Waals surface area contributed by atoms with Gasteiger partial charge in [-0.2, -0.15) is 0 Å². The Balaban J connectivity index is 1.58. The summed E-state index contributed by atoms with van der Waals surface area (Å²) in [5, 5.41) is 5.55. The predicted octanol–water partition coefficient (Wildman–Crippen LogP) is 2.83. The molecule has 36 heavy (non-hydrogen) atoms. The van der Waals surface area contributed by atoms with E-state index in [1.165, 1.54) is 0 Å². The summed E-state index contributed by atoms with van der Waals surface area (Å²) in [5.41, 5.74) is 1.86. The van der Waals surface area contributed by atoms with Gasteiger partial charge in [0.2, 0.25) is 11.8 Å². The van der Waals surface area contributed by atoms with Gasteiger partial charge in [0.25, 0.3) is 5.91 Å². The number of carbonyl (C=O) groups excluding carboxylic acids is 4. The Hall–Kier alpha value is -3.72. The SMILES string of the molecule is CCCCOC(=O)CC1C(=O)NCCN1CC(=O)Nc1ccc(C(=O)N(CC)c2ccccc2)cc1. The average molecular weight is 495 g/mol. The third-order valence-corrected chi connectivity index (χ3v) is 5.95. The number of esters is 1. The van der Waals surface area contributed by atoms with Gasteiger partial charge in [-0.3, -0.25) is 24.1 Å². The molecule has 1 aliphatic heterocycles. The summed E-state index contributed by atoms with van der Waals surface area (Å²) in [4.78, 5) is 53.6. The van der Waals surface area contributed by atoms with Crippen LogP contribution in [0.4, 0.5) is 11.4 Å². The van der Waals surface area contributed by atoms with Crippen LogP contribution in [0.5, 0.6) is 0 Å². The third-order valence-electron chi connectivity index (χ3n) is 5.95. The monoisotopic (exact) mass is 494 g/mol. The van der Waals surface area contributed by atoms with E-state index in [-0.39, 0.29) is 30.7 Å². The van der Waals surface area contributed by atoms with Gasteiger partial charge in [-0.25, -0.2) is 0 Å². The molecule has 1 aliphatic rings. The van der Waals surface area contributed by atoms with Crippen LogP contribution < -0.4 is 15.5 Å². The number of unbranched alkanes of at least 4 members (excludes halogenated alkanes) is 1. The summed E-state index contributed by atoms with van der Waals surface area (Å²) in [5.74, 6) is -1.18. The van der Waals surface area contributed by atoms with Gasteiger partial charge in [-0.15, -0.1) is 0 Å². The highest BCUT2D eigenvalue weighted by atomic mass is 16.5. The summed E-state index contributed by atoms with van der Waals surface area (Å²) >= 11 is 0. The highest BCUT2D eigenvalue weighted by Gasteiger charge is 2.33. The fourth-order valence-electron chi connectivity index (χ4n) is 4.01. The molecule has 1 saturated heterocycles. The predicted molar refractivity (Wildman–Crippen MR) is 138 cm³/mol. The number of piperazine rings is 1. The maximum Gasteiger partial charge on any atom is 0.307 e. The molecule has 0 saturated carbocycles. The minimum atomic E-state index is -0.753. The van der Waals surface area contributed by atoms with Crippen LogP contribution in [0.25, 0.3) is 0 Å². The van der Waals surface area contributed by atoms with Crippen LogP contribution in [0.1, 0.15) is 43.5 Å². The number of para-hydroxylation sites is 1. The van der Waals surface area contributed by atoms with E-state index in [4.69, 9.17) is 4.74 Å². The summed E-state index contributed by atoms with van der Waals surface area (Å²) in [6, 6.07) is 15.4. The van der Waals surface area contributed by atoms with Gasteiger partial charge in [-0.05, 0) is 49.7 Å². The lowest BCUT2D eigenvalue weighted by molar-refractivity contribution is -0.149. The molecule has 192 valence electrons. The molecule has 1 unspecified atom stereocenters. The first-order valence-electron chi connectivity index (χ1n) is 12.4. The van der Waals surface area contributed by atoms with Crippen LogP contribution in [0.2, 0.25) is 0 Å².